The lowest BCUT2D eigenvalue weighted by Gasteiger charge is -2.26. The summed E-state index contributed by atoms with van der Waals surface area (Å²) in [6.45, 7) is 9.78. The number of carbonyl (C=O) groups is 1. The van der Waals surface area contributed by atoms with E-state index >= 15 is 0 Å². The molecule has 0 aromatic carbocycles. The van der Waals surface area contributed by atoms with Gasteiger partial charge in [-0.2, -0.15) is 0 Å². The lowest BCUT2D eigenvalue weighted by atomic mass is 9.84. The van der Waals surface area contributed by atoms with Crippen molar-refractivity contribution in [2.45, 2.75) is 40.7 Å². The van der Waals surface area contributed by atoms with Crippen LogP contribution in [0.25, 0.3) is 0 Å². The van der Waals surface area contributed by atoms with Gasteiger partial charge in [-0.05, 0) is 35.4 Å². The Morgan fingerprint density at radius 2 is 2.16 bits per heavy atom. The predicted octanol–water partition coefficient (Wildman–Crippen LogP) is 2.34. The first-order chi connectivity index (χ1) is 8.84. The summed E-state index contributed by atoms with van der Waals surface area (Å²) >= 11 is 0. The quantitative estimate of drug-likeness (QED) is 0.827. The van der Waals surface area contributed by atoms with E-state index < -0.39 is 0 Å². The largest absolute Gasteiger partial charge is 0.350 e. The molecule has 4 nitrogen and oxygen atoms in total. The van der Waals surface area contributed by atoms with Gasteiger partial charge in [0.1, 0.15) is 5.69 Å². The van der Waals surface area contributed by atoms with E-state index in [2.05, 4.69) is 38.0 Å². The van der Waals surface area contributed by atoms with Crippen LogP contribution in [0.3, 0.4) is 0 Å². The average molecular weight is 263 g/mol. The van der Waals surface area contributed by atoms with Crippen molar-refractivity contribution in [1.82, 2.24) is 10.3 Å². The Kier molecular flexibility index (Phi) is 5.48. The van der Waals surface area contributed by atoms with Crippen LogP contribution in [0.5, 0.6) is 0 Å². The van der Waals surface area contributed by atoms with Crippen molar-refractivity contribution in [3.8, 4) is 0 Å². The van der Waals surface area contributed by atoms with Crippen molar-refractivity contribution >= 4 is 5.91 Å². The van der Waals surface area contributed by atoms with E-state index in [0.717, 1.165) is 12.0 Å². The number of pyridine rings is 1. The van der Waals surface area contributed by atoms with Gasteiger partial charge in [0.05, 0.1) is 0 Å². The van der Waals surface area contributed by atoms with Gasteiger partial charge in [0.25, 0.3) is 5.91 Å². The summed E-state index contributed by atoms with van der Waals surface area (Å²) in [4.78, 5) is 16.1. The van der Waals surface area contributed by atoms with Crippen molar-refractivity contribution in [3.05, 3.63) is 29.6 Å². The monoisotopic (exact) mass is 263 g/mol. The van der Waals surface area contributed by atoms with Gasteiger partial charge < -0.3 is 11.1 Å². The van der Waals surface area contributed by atoms with Crippen molar-refractivity contribution in [3.63, 3.8) is 0 Å². The molecule has 1 rings (SSSR count). The van der Waals surface area contributed by atoms with Crippen LogP contribution in [0.15, 0.2) is 18.3 Å². The molecule has 0 aliphatic heterocycles. The van der Waals surface area contributed by atoms with Crippen LogP contribution < -0.4 is 11.1 Å². The summed E-state index contributed by atoms with van der Waals surface area (Å²) in [5, 5.41) is 2.95. The van der Waals surface area contributed by atoms with Gasteiger partial charge in [-0.15, -0.1) is 0 Å². The summed E-state index contributed by atoms with van der Waals surface area (Å²) < 4.78 is 0. The fourth-order valence-corrected chi connectivity index (χ4v) is 2.31. The Hall–Kier alpha value is -1.42. The first kappa shape index (κ1) is 15.6. The number of hydrogen-bond donors (Lipinski definition) is 2. The average Bonchev–Trinajstić information content (AvgIpc) is 2.34. The summed E-state index contributed by atoms with van der Waals surface area (Å²) in [7, 11) is 0. The Balaban J connectivity index is 2.60. The number of rotatable bonds is 6. The van der Waals surface area contributed by atoms with Crippen molar-refractivity contribution in [1.29, 1.82) is 0 Å². The molecule has 1 amide bonds. The molecule has 1 aromatic rings. The second kappa shape index (κ2) is 6.66. The van der Waals surface area contributed by atoms with E-state index in [0.29, 0.717) is 24.7 Å². The van der Waals surface area contributed by atoms with Gasteiger partial charge in [-0.3, -0.25) is 9.78 Å². The fourth-order valence-electron chi connectivity index (χ4n) is 2.31. The smallest absolute Gasteiger partial charge is 0.269 e. The van der Waals surface area contributed by atoms with Crippen LogP contribution in [-0.2, 0) is 6.54 Å². The first-order valence-electron chi connectivity index (χ1n) is 6.77. The van der Waals surface area contributed by atoms with Crippen LogP contribution in [0, 0.1) is 11.3 Å². The lowest BCUT2D eigenvalue weighted by molar-refractivity contribution is 0.0926. The second-order valence-corrected chi connectivity index (χ2v) is 6.20. The molecule has 1 heterocycles. The molecule has 0 saturated carbocycles. The fraction of sp³-hybridized carbons (Fsp3) is 0.600. The molecule has 0 atom stereocenters. The van der Waals surface area contributed by atoms with E-state index in [1.165, 1.54) is 0 Å². The van der Waals surface area contributed by atoms with Crippen LogP contribution in [0.2, 0.25) is 0 Å². The van der Waals surface area contributed by atoms with Gasteiger partial charge in [0, 0.05) is 19.3 Å². The van der Waals surface area contributed by atoms with Crippen LogP contribution >= 0.6 is 0 Å². The zero-order valence-corrected chi connectivity index (χ0v) is 12.4. The molecule has 4 heteroatoms. The maximum absolute atomic E-state index is 12.0. The minimum atomic E-state index is -0.132. The number of nitrogens with two attached hydrogens (primary N) is 1. The molecule has 0 aliphatic carbocycles. The molecule has 0 unspecified atom stereocenters. The Morgan fingerprint density at radius 1 is 1.47 bits per heavy atom. The third-order valence-electron chi connectivity index (χ3n) is 2.98. The lowest BCUT2D eigenvalue weighted by Crippen LogP contribution is -2.35. The topological polar surface area (TPSA) is 68.0 Å². The first-order valence-corrected chi connectivity index (χ1v) is 6.77. The number of amides is 1. The van der Waals surface area contributed by atoms with E-state index in [9.17, 15) is 4.79 Å². The number of nitrogens with zero attached hydrogens (tertiary/aromatic N) is 1. The zero-order valence-electron chi connectivity index (χ0n) is 12.4. The number of aromatic nitrogens is 1. The summed E-state index contributed by atoms with van der Waals surface area (Å²) in [5.74, 6) is 0.484. The normalized spacial score (nSPS) is 11.7. The number of nitrogens with one attached hydrogen (secondary N) is 1. The highest BCUT2D eigenvalue weighted by Gasteiger charge is 2.20. The molecule has 0 spiro atoms. The molecule has 0 bridgehead atoms. The zero-order chi connectivity index (χ0) is 14.5. The second-order valence-electron chi connectivity index (χ2n) is 6.20. The highest BCUT2D eigenvalue weighted by atomic mass is 16.1. The van der Waals surface area contributed by atoms with Gasteiger partial charge in [-0.25, -0.2) is 0 Å². The van der Waals surface area contributed by atoms with E-state index in [1.807, 2.05) is 6.07 Å². The van der Waals surface area contributed by atoms with Crippen LogP contribution in [0.4, 0.5) is 0 Å². The molecule has 0 radical (unpaired) electrons. The van der Waals surface area contributed by atoms with Gasteiger partial charge >= 0.3 is 0 Å². The molecule has 106 valence electrons. The molecular formula is C15H25N3O. The Bertz CT molecular complexity index is 427. The highest BCUT2D eigenvalue weighted by molar-refractivity contribution is 5.92. The minimum absolute atomic E-state index is 0.0926. The summed E-state index contributed by atoms with van der Waals surface area (Å²) in [6, 6.07) is 3.56. The SMILES string of the molecule is CC(C)CC(C)(C)CNC(=O)c1cc(CN)ccn1. The number of hydrogen-bond acceptors (Lipinski definition) is 3. The van der Waals surface area contributed by atoms with Crippen LogP contribution in [-0.4, -0.2) is 17.4 Å². The van der Waals surface area contributed by atoms with E-state index in [4.69, 9.17) is 5.73 Å². The molecule has 0 saturated heterocycles. The summed E-state index contributed by atoms with van der Waals surface area (Å²) in [5.41, 5.74) is 7.00. The maximum Gasteiger partial charge on any atom is 0.269 e. The van der Waals surface area contributed by atoms with Gasteiger partial charge in [0.15, 0.2) is 0 Å². The van der Waals surface area contributed by atoms with Crippen molar-refractivity contribution in [2.75, 3.05) is 6.54 Å². The highest BCUT2D eigenvalue weighted by Crippen LogP contribution is 2.24. The van der Waals surface area contributed by atoms with Gasteiger partial charge in [-0.1, -0.05) is 27.7 Å². The van der Waals surface area contributed by atoms with Crippen molar-refractivity contribution in [2.24, 2.45) is 17.1 Å². The third-order valence-corrected chi connectivity index (χ3v) is 2.98. The molecule has 3 N–H and O–H groups in total. The molecule has 0 aliphatic rings. The van der Waals surface area contributed by atoms with E-state index in [1.54, 1.807) is 12.3 Å². The Morgan fingerprint density at radius 3 is 2.74 bits per heavy atom. The standard InChI is InChI=1S/C15H25N3O/c1-11(2)8-15(3,4)10-18-14(19)13-7-12(9-16)5-6-17-13/h5-7,11H,8-10,16H2,1-4H3,(H,18,19). The Labute approximate surface area is 115 Å². The minimum Gasteiger partial charge on any atom is -0.350 e. The third kappa shape index (κ3) is 5.39. The molecular weight excluding hydrogens is 238 g/mol. The predicted molar refractivity (Wildman–Crippen MR) is 77.7 cm³/mol. The maximum atomic E-state index is 12.0. The summed E-state index contributed by atoms with van der Waals surface area (Å²) in [6.07, 6.45) is 2.69. The van der Waals surface area contributed by atoms with E-state index in [-0.39, 0.29) is 11.3 Å². The molecule has 0 fully saturated rings. The molecule has 1 aromatic heterocycles. The molecule has 19 heavy (non-hydrogen) atoms. The van der Waals surface area contributed by atoms with Gasteiger partial charge in [0.2, 0.25) is 0 Å². The van der Waals surface area contributed by atoms with Crippen molar-refractivity contribution < 1.29 is 4.79 Å². The van der Waals surface area contributed by atoms with Crippen LogP contribution in [0.1, 0.15) is 50.2 Å². The number of carbonyl (C=O) groups excluding carboxylic acids is 1.